The van der Waals surface area contributed by atoms with Gasteiger partial charge in [-0.05, 0) is 37.6 Å². The van der Waals surface area contributed by atoms with Gasteiger partial charge in [0.05, 0.1) is 17.6 Å². The van der Waals surface area contributed by atoms with Gasteiger partial charge in [0.1, 0.15) is 0 Å². The summed E-state index contributed by atoms with van der Waals surface area (Å²) >= 11 is 0. The first kappa shape index (κ1) is 21.2. The average molecular weight is 422 g/mol. The fourth-order valence-electron chi connectivity index (χ4n) is 3.54. The Bertz CT molecular complexity index is 1090. The van der Waals surface area contributed by atoms with Crippen molar-refractivity contribution in [3.8, 4) is 22.5 Å². The summed E-state index contributed by atoms with van der Waals surface area (Å²) in [6, 6.07) is 30.6. The topological polar surface area (TPSA) is 53.4 Å². The standard InChI is InChI=1S/C27H27N5/c1-3-32(4-2)24-17-15-21(16-18-24)20-28-31-27-29-25(22-11-7-5-8-12-22)19-26(30-27)23-13-9-6-10-14-23/h5-20H,3-4H2,1-2H3,(H,29,30,31). The van der Waals surface area contributed by atoms with E-state index in [4.69, 9.17) is 0 Å². The first-order chi connectivity index (χ1) is 15.8. The number of anilines is 2. The highest BCUT2D eigenvalue weighted by Gasteiger charge is 2.08. The van der Waals surface area contributed by atoms with E-state index in [1.807, 2.05) is 66.7 Å². The molecule has 0 aliphatic rings. The van der Waals surface area contributed by atoms with Crippen LogP contribution in [0.3, 0.4) is 0 Å². The third-order valence-corrected chi connectivity index (χ3v) is 5.27. The van der Waals surface area contributed by atoms with Crippen molar-refractivity contribution in [2.75, 3.05) is 23.4 Å². The number of nitrogens with zero attached hydrogens (tertiary/aromatic N) is 4. The molecule has 0 saturated heterocycles. The molecule has 0 aliphatic heterocycles. The lowest BCUT2D eigenvalue weighted by Crippen LogP contribution is -2.21. The van der Waals surface area contributed by atoms with Gasteiger partial charge in [-0.2, -0.15) is 5.10 Å². The lowest BCUT2D eigenvalue weighted by molar-refractivity contribution is 0.866. The molecule has 0 aliphatic carbocycles. The van der Waals surface area contributed by atoms with Crippen molar-refractivity contribution in [1.29, 1.82) is 0 Å². The number of benzene rings is 3. The van der Waals surface area contributed by atoms with Gasteiger partial charge in [-0.3, -0.25) is 0 Å². The van der Waals surface area contributed by atoms with E-state index in [1.165, 1.54) is 5.69 Å². The smallest absolute Gasteiger partial charge is 0.244 e. The molecule has 5 heteroatoms. The van der Waals surface area contributed by atoms with Crippen LogP contribution >= 0.6 is 0 Å². The quantitative estimate of drug-likeness (QED) is 0.276. The van der Waals surface area contributed by atoms with Crippen LogP contribution in [0, 0.1) is 0 Å². The van der Waals surface area contributed by atoms with E-state index in [1.54, 1.807) is 6.21 Å². The summed E-state index contributed by atoms with van der Waals surface area (Å²) in [6.45, 7) is 6.31. The van der Waals surface area contributed by atoms with Gasteiger partial charge in [0, 0.05) is 29.9 Å². The molecule has 1 heterocycles. The number of rotatable bonds is 8. The normalized spacial score (nSPS) is 10.9. The van der Waals surface area contributed by atoms with Gasteiger partial charge in [0.2, 0.25) is 5.95 Å². The zero-order valence-electron chi connectivity index (χ0n) is 18.4. The first-order valence-corrected chi connectivity index (χ1v) is 10.9. The van der Waals surface area contributed by atoms with Crippen LogP contribution in [-0.2, 0) is 0 Å². The second kappa shape index (κ2) is 10.4. The molecule has 160 valence electrons. The Balaban J connectivity index is 1.57. The molecule has 0 radical (unpaired) electrons. The van der Waals surface area contributed by atoms with Crippen molar-refractivity contribution in [2.45, 2.75) is 13.8 Å². The van der Waals surface area contributed by atoms with Gasteiger partial charge in [-0.15, -0.1) is 0 Å². The van der Waals surface area contributed by atoms with E-state index in [0.29, 0.717) is 5.95 Å². The van der Waals surface area contributed by atoms with E-state index in [9.17, 15) is 0 Å². The summed E-state index contributed by atoms with van der Waals surface area (Å²) in [6.07, 6.45) is 1.78. The van der Waals surface area contributed by atoms with E-state index in [2.05, 4.69) is 63.5 Å². The van der Waals surface area contributed by atoms with Crippen LogP contribution in [0.2, 0.25) is 0 Å². The number of aromatic nitrogens is 2. The van der Waals surface area contributed by atoms with Gasteiger partial charge in [-0.1, -0.05) is 72.8 Å². The molecule has 4 rings (SSSR count). The fraction of sp³-hybridized carbons (Fsp3) is 0.148. The molecular formula is C27H27N5. The average Bonchev–Trinajstić information content (AvgIpc) is 2.86. The van der Waals surface area contributed by atoms with Crippen LogP contribution in [0.15, 0.2) is 96.1 Å². The van der Waals surface area contributed by atoms with Crippen molar-refractivity contribution in [2.24, 2.45) is 5.10 Å². The van der Waals surface area contributed by atoms with Crippen LogP contribution in [0.1, 0.15) is 19.4 Å². The van der Waals surface area contributed by atoms with Crippen molar-refractivity contribution >= 4 is 17.9 Å². The molecule has 0 atom stereocenters. The number of hydrogen-bond donors (Lipinski definition) is 1. The molecule has 0 fully saturated rings. The Morgan fingerprint density at radius 3 is 1.78 bits per heavy atom. The molecule has 3 aromatic carbocycles. The zero-order valence-corrected chi connectivity index (χ0v) is 18.4. The Kier molecular flexibility index (Phi) is 6.88. The van der Waals surface area contributed by atoms with Crippen LogP contribution in [0.25, 0.3) is 22.5 Å². The van der Waals surface area contributed by atoms with Crippen molar-refractivity contribution < 1.29 is 0 Å². The molecule has 1 N–H and O–H groups in total. The van der Waals surface area contributed by atoms with Gasteiger partial charge >= 0.3 is 0 Å². The highest BCUT2D eigenvalue weighted by Crippen LogP contribution is 2.25. The summed E-state index contributed by atoms with van der Waals surface area (Å²) in [7, 11) is 0. The predicted molar refractivity (Wildman–Crippen MR) is 134 cm³/mol. The lowest BCUT2D eigenvalue weighted by atomic mass is 10.1. The van der Waals surface area contributed by atoms with Crippen molar-refractivity contribution in [1.82, 2.24) is 9.97 Å². The van der Waals surface area contributed by atoms with Gasteiger partial charge in [-0.25, -0.2) is 15.4 Å². The maximum Gasteiger partial charge on any atom is 0.244 e. The molecule has 0 spiro atoms. The third-order valence-electron chi connectivity index (χ3n) is 5.27. The number of hydrazone groups is 1. The molecule has 0 saturated carbocycles. The van der Waals surface area contributed by atoms with E-state index in [-0.39, 0.29) is 0 Å². The molecule has 4 aromatic rings. The molecular weight excluding hydrogens is 394 g/mol. The Hall–Kier alpha value is -3.99. The van der Waals surface area contributed by atoms with Crippen LogP contribution in [-0.4, -0.2) is 29.3 Å². The number of hydrogen-bond acceptors (Lipinski definition) is 5. The summed E-state index contributed by atoms with van der Waals surface area (Å²) in [5.74, 6) is 0.459. The first-order valence-electron chi connectivity index (χ1n) is 10.9. The largest absolute Gasteiger partial charge is 0.372 e. The van der Waals surface area contributed by atoms with Crippen molar-refractivity contribution in [3.05, 3.63) is 96.6 Å². The minimum Gasteiger partial charge on any atom is -0.372 e. The van der Waals surface area contributed by atoms with Crippen LogP contribution in [0.4, 0.5) is 11.6 Å². The minimum absolute atomic E-state index is 0.459. The minimum atomic E-state index is 0.459. The Labute approximate surface area is 189 Å². The van der Waals surface area contributed by atoms with Crippen LogP contribution in [0.5, 0.6) is 0 Å². The molecule has 0 bridgehead atoms. The van der Waals surface area contributed by atoms with Crippen molar-refractivity contribution in [3.63, 3.8) is 0 Å². The fourth-order valence-corrected chi connectivity index (χ4v) is 3.54. The highest BCUT2D eigenvalue weighted by molar-refractivity contribution is 5.81. The lowest BCUT2D eigenvalue weighted by Gasteiger charge is -2.20. The van der Waals surface area contributed by atoms with Crippen LogP contribution < -0.4 is 10.3 Å². The Morgan fingerprint density at radius 2 is 1.28 bits per heavy atom. The SMILES string of the molecule is CCN(CC)c1ccc(C=NNc2nc(-c3ccccc3)cc(-c3ccccc3)n2)cc1. The molecule has 1 aromatic heterocycles. The van der Waals surface area contributed by atoms with Gasteiger partial charge in [0.15, 0.2) is 0 Å². The van der Waals surface area contributed by atoms with E-state index >= 15 is 0 Å². The second-order valence-corrected chi connectivity index (χ2v) is 7.33. The monoisotopic (exact) mass is 421 g/mol. The maximum absolute atomic E-state index is 4.68. The number of nitrogens with one attached hydrogen (secondary N) is 1. The van der Waals surface area contributed by atoms with Gasteiger partial charge in [0.25, 0.3) is 0 Å². The van der Waals surface area contributed by atoms with E-state index < -0.39 is 0 Å². The summed E-state index contributed by atoms with van der Waals surface area (Å²) in [4.78, 5) is 11.7. The van der Waals surface area contributed by atoms with Gasteiger partial charge < -0.3 is 4.90 Å². The molecule has 0 amide bonds. The molecule has 5 nitrogen and oxygen atoms in total. The predicted octanol–water partition coefficient (Wildman–Crippen LogP) is 6.10. The molecule has 0 unspecified atom stereocenters. The Morgan fingerprint density at radius 1 is 0.750 bits per heavy atom. The summed E-state index contributed by atoms with van der Waals surface area (Å²) in [5, 5.41) is 4.38. The third kappa shape index (κ3) is 5.19. The molecule has 32 heavy (non-hydrogen) atoms. The van der Waals surface area contributed by atoms with E-state index in [0.717, 1.165) is 41.2 Å². The second-order valence-electron chi connectivity index (χ2n) is 7.33. The summed E-state index contributed by atoms with van der Waals surface area (Å²) < 4.78 is 0. The maximum atomic E-state index is 4.68. The summed E-state index contributed by atoms with van der Waals surface area (Å²) in [5.41, 5.74) is 9.00. The zero-order chi connectivity index (χ0) is 22.2. The highest BCUT2D eigenvalue weighted by atomic mass is 15.3.